The number of ether oxygens (including phenoxy) is 1. The number of anilines is 2. The van der Waals surface area contributed by atoms with E-state index in [1.807, 2.05) is 31.2 Å². The van der Waals surface area contributed by atoms with Gasteiger partial charge in [0.05, 0.1) is 12.5 Å². The quantitative estimate of drug-likeness (QED) is 0.877. The van der Waals surface area contributed by atoms with Gasteiger partial charge in [-0.15, -0.1) is 11.3 Å². The molecular weight excluding hydrogens is 338 g/mol. The van der Waals surface area contributed by atoms with Crippen LogP contribution in [0, 0.1) is 0 Å². The molecule has 0 radical (unpaired) electrons. The van der Waals surface area contributed by atoms with Gasteiger partial charge in [-0.3, -0.25) is 9.69 Å². The van der Waals surface area contributed by atoms with Gasteiger partial charge in [0.1, 0.15) is 6.61 Å². The summed E-state index contributed by atoms with van der Waals surface area (Å²) in [5.41, 5.74) is 1.66. The summed E-state index contributed by atoms with van der Waals surface area (Å²) in [7, 11) is 0. The Bertz CT molecular complexity index is 770. The molecule has 7 heteroatoms. The number of benzene rings is 1. The average Bonchev–Trinajstić information content (AvgIpc) is 3.23. The van der Waals surface area contributed by atoms with Crippen molar-refractivity contribution in [2.45, 2.75) is 32.6 Å². The molecule has 0 aliphatic carbocycles. The maximum Gasteiger partial charge on any atom is 0.414 e. The molecule has 0 spiro atoms. The molecule has 0 saturated carbocycles. The highest BCUT2D eigenvalue weighted by Crippen LogP contribution is 2.27. The molecule has 132 valence electrons. The lowest BCUT2D eigenvalue weighted by molar-refractivity contribution is -0.117. The van der Waals surface area contributed by atoms with Crippen LogP contribution in [0.2, 0.25) is 0 Å². The predicted octanol–water partition coefficient (Wildman–Crippen LogP) is 3.97. The van der Waals surface area contributed by atoms with Crippen molar-refractivity contribution < 1.29 is 14.3 Å². The Morgan fingerprint density at radius 3 is 2.56 bits per heavy atom. The Kier molecular flexibility index (Phi) is 5.03. The normalized spacial score (nSPS) is 15.4. The van der Waals surface area contributed by atoms with E-state index in [0.29, 0.717) is 24.2 Å². The van der Waals surface area contributed by atoms with E-state index in [4.69, 9.17) is 4.74 Å². The fraction of sp³-hybridized carbons (Fsp3) is 0.389. The number of nitrogens with zero attached hydrogens (tertiary/aromatic N) is 2. The highest BCUT2D eigenvalue weighted by Gasteiger charge is 2.24. The molecule has 1 atom stereocenters. The SMILES string of the molecule is CC(C)c1cnc(NC(=O)[C@@H](C)c2ccc(N3CCOC3=O)cc2)s1. The topological polar surface area (TPSA) is 71.5 Å². The van der Waals surface area contributed by atoms with Gasteiger partial charge in [0.2, 0.25) is 5.91 Å². The zero-order chi connectivity index (χ0) is 18.0. The van der Waals surface area contributed by atoms with E-state index >= 15 is 0 Å². The van der Waals surface area contributed by atoms with Gasteiger partial charge in [-0.05, 0) is 30.5 Å². The van der Waals surface area contributed by atoms with Gasteiger partial charge >= 0.3 is 6.09 Å². The minimum absolute atomic E-state index is 0.0991. The highest BCUT2D eigenvalue weighted by molar-refractivity contribution is 7.15. The van der Waals surface area contributed by atoms with Crippen LogP contribution >= 0.6 is 11.3 Å². The summed E-state index contributed by atoms with van der Waals surface area (Å²) in [5, 5.41) is 3.50. The molecule has 2 aromatic rings. The summed E-state index contributed by atoms with van der Waals surface area (Å²) >= 11 is 1.50. The number of rotatable bonds is 5. The van der Waals surface area contributed by atoms with Crippen LogP contribution in [0.5, 0.6) is 0 Å². The lowest BCUT2D eigenvalue weighted by Gasteiger charge is -2.15. The van der Waals surface area contributed by atoms with Crippen LogP contribution in [-0.4, -0.2) is 30.1 Å². The molecule has 1 aromatic carbocycles. The molecule has 1 N–H and O–H groups in total. The van der Waals surface area contributed by atoms with Crippen molar-refractivity contribution in [3.63, 3.8) is 0 Å². The van der Waals surface area contributed by atoms with E-state index in [9.17, 15) is 9.59 Å². The van der Waals surface area contributed by atoms with Crippen LogP contribution in [-0.2, 0) is 9.53 Å². The molecule has 0 bridgehead atoms. The lowest BCUT2D eigenvalue weighted by Crippen LogP contribution is -2.23. The third kappa shape index (κ3) is 3.82. The van der Waals surface area contributed by atoms with Crippen molar-refractivity contribution in [3.05, 3.63) is 40.9 Å². The number of cyclic esters (lactones) is 1. The maximum atomic E-state index is 12.5. The lowest BCUT2D eigenvalue weighted by atomic mass is 10.00. The third-order valence-corrected chi connectivity index (χ3v) is 5.39. The molecule has 3 rings (SSSR count). The monoisotopic (exact) mass is 359 g/mol. The van der Waals surface area contributed by atoms with Crippen LogP contribution in [0.15, 0.2) is 30.5 Å². The van der Waals surface area contributed by atoms with E-state index in [1.165, 1.54) is 11.3 Å². The Morgan fingerprint density at radius 2 is 2.00 bits per heavy atom. The molecule has 6 nitrogen and oxygen atoms in total. The first-order valence-corrected chi connectivity index (χ1v) is 9.08. The summed E-state index contributed by atoms with van der Waals surface area (Å²) in [6.07, 6.45) is 1.47. The maximum absolute atomic E-state index is 12.5. The second kappa shape index (κ2) is 7.23. The van der Waals surface area contributed by atoms with Crippen LogP contribution in [0.4, 0.5) is 15.6 Å². The van der Waals surface area contributed by atoms with Crippen LogP contribution in [0.25, 0.3) is 0 Å². The van der Waals surface area contributed by atoms with E-state index in [2.05, 4.69) is 24.1 Å². The minimum Gasteiger partial charge on any atom is -0.447 e. The number of carbonyl (C=O) groups is 2. The third-order valence-electron chi connectivity index (χ3n) is 4.18. The summed E-state index contributed by atoms with van der Waals surface area (Å²) in [4.78, 5) is 31.0. The Balaban J connectivity index is 1.66. The van der Waals surface area contributed by atoms with E-state index < -0.39 is 0 Å². The molecule has 1 aromatic heterocycles. The summed E-state index contributed by atoms with van der Waals surface area (Å²) in [5.74, 6) is -0.0191. The molecule has 2 amide bonds. The second-order valence-corrected chi connectivity index (χ2v) is 7.35. The molecule has 1 aliphatic rings. The first-order valence-electron chi connectivity index (χ1n) is 8.26. The van der Waals surface area contributed by atoms with Crippen molar-refractivity contribution in [1.29, 1.82) is 0 Å². The van der Waals surface area contributed by atoms with Gasteiger partial charge in [-0.25, -0.2) is 9.78 Å². The van der Waals surface area contributed by atoms with Gasteiger partial charge in [0.25, 0.3) is 0 Å². The molecule has 0 unspecified atom stereocenters. The van der Waals surface area contributed by atoms with Gasteiger partial charge in [-0.1, -0.05) is 26.0 Å². The van der Waals surface area contributed by atoms with Gasteiger partial charge in [-0.2, -0.15) is 0 Å². The molecule has 2 heterocycles. The summed E-state index contributed by atoms with van der Waals surface area (Å²) in [6.45, 7) is 7.01. The van der Waals surface area contributed by atoms with Crippen molar-refractivity contribution >= 4 is 34.2 Å². The summed E-state index contributed by atoms with van der Waals surface area (Å²) < 4.78 is 4.94. The Morgan fingerprint density at radius 1 is 1.28 bits per heavy atom. The standard InChI is InChI=1S/C18H21N3O3S/c1-11(2)15-10-19-17(25-15)20-16(22)12(3)13-4-6-14(7-5-13)21-8-9-24-18(21)23/h4-7,10-12H,8-9H2,1-3H3,(H,19,20,22)/t12-/m0/s1. The molecule has 25 heavy (non-hydrogen) atoms. The molecule has 1 saturated heterocycles. The smallest absolute Gasteiger partial charge is 0.414 e. The first kappa shape index (κ1) is 17.4. The number of thiazole rings is 1. The van der Waals surface area contributed by atoms with E-state index in [-0.39, 0.29) is 17.9 Å². The van der Waals surface area contributed by atoms with Crippen molar-refractivity contribution in [2.24, 2.45) is 0 Å². The van der Waals surface area contributed by atoms with Gasteiger partial charge in [0, 0.05) is 16.8 Å². The minimum atomic E-state index is -0.330. The predicted molar refractivity (Wildman–Crippen MR) is 98.4 cm³/mol. The van der Waals surface area contributed by atoms with Crippen LogP contribution < -0.4 is 10.2 Å². The number of hydrogen-bond acceptors (Lipinski definition) is 5. The van der Waals surface area contributed by atoms with E-state index in [0.717, 1.165) is 16.1 Å². The van der Waals surface area contributed by atoms with Gasteiger partial charge in [0.15, 0.2) is 5.13 Å². The number of nitrogens with one attached hydrogen (secondary N) is 1. The van der Waals surface area contributed by atoms with Crippen molar-refractivity contribution in [3.8, 4) is 0 Å². The van der Waals surface area contributed by atoms with Crippen LogP contribution in [0.3, 0.4) is 0 Å². The molecular formula is C18H21N3O3S. The highest BCUT2D eigenvalue weighted by atomic mass is 32.1. The Labute approximate surface area is 150 Å². The number of amides is 2. The number of hydrogen-bond donors (Lipinski definition) is 1. The van der Waals surface area contributed by atoms with E-state index in [1.54, 1.807) is 11.1 Å². The molecule has 1 fully saturated rings. The first-order chi connectivity index (χ1) is 12.0. The Hall–Kier alpha value is -2.41. The summed E-state index contributed by atoms with van der Waals surface area (Å²) in [6, 6.07) is 7.41. The zero-order valence-electron chi connectivity index (χ0n) is 14.5. The van der Waals surface area contributed by atoms with Crippen LogP contribution in [0.1, 0.15) is 43.0 Å². The van der Waals surface area contributed by atoms with Crippen molar-refractivity contribution in [1.82, 2.24) is 4.98 Å². The fourth-order valence-corrected chi connectivity index (χ4v) is 3.37. The second-order valence-electron chi connectivity index (χ2n) is 6.29. The average molecular weight is 359 g/mol. The molecule has 1 aliphatic heterocycles. The largest absolute Gasteiger partial charge is 0.447 e. The number of aromatic nitrogens is 1. The van der Waals surface area contributed by atoms with Crippen molar-refractivity contribution in [2.75, 3.05) is 23.4 Å². The number of carbonyl (C=O) groups excluding carboxylic acids is 2. The fourth-order valence-electron chi connectivity index (χ4n) is 2.55. The zero-order valence-corrected chi connectivity index (χ0v) is 15.3. The van der Waals surface area contributed by atoms with Gasteiger partial charge < -0.3 is 10.1 Å².